The SMILES string of the molecule is CCOC(=O)c1cc2nc(-c3ccc4c(c3)CN(C)C4=O)cc(C3CC3)n2n1. The molecule has 28 heavy (non-hydrogen) atoms. The lowest BCUT2D eigenvalue weighted by Gasteiger charge is -2.08. The van der Waals surface area contributed by atoms with Crippen molar-refractivity contribution in [3.63, 3.8) is 0 Å². The van der Waals surface area contributed by atoms with Gasteiger partial charge in [0.1, 0.15) is 0 Å². The number of carbonyl (C=O) groups excluding carboxylic acids is 2. The topological polar surface area (TPSA) is 76.8 Å². The number of rotatable bonds is 4. The highest BCUT2D eigenvalue weighted by Crippen LogP contribution is 2.41. The van der Waals surface area contributed by atoms with E-state index in [4.69, 9.17) is 9.72 Å². The summed E-state index contributed by atoms with van der Waals surface area (Å²) in [7, 11) is 1.81. The zero-order valence-electron chi connectivity index (χ0n) is 15.8. The van der Waals surface area contributed by atoms with Crippen molar-refractivity contribution in [2.24, 2.45) is 0 Å². The molecule has 2 aliphatic rings. The summed E-state index contributed by atoms with van der Waals surface area (Å²) in [6.07, 6.45) is 2.22. The summed E-state index contributed by atoms with van der Waals surface area (Å²) in [5.74, 6) is 0.0511. The standard InChI is InChI=1S/C21H20N4O3/c1-3-28-21(27)17-10-19-22-16(9-18(12-4-5-12)25(19)23-17)13-6-7-15-14(8-13)11-24(2)20(15)26/h6-10,12H,3-5,11H2,1-2H3. The smallest absolute Gasteiger partial charge is 0.358 e. The summed E-state index contributed by atoms with van der Waals surface area (Å²) in [6, 6.07) is 9.58. The number of benzene rings is 1. The number of hydrogen-bond acceptors (Lipinski definition) is 5. The van der Waals surface area contributed by atoms with Gasteiger partial charge in [-0.3, -0.25) is 4.79 Å². The highest BCUT2D eigenvalue weighted by Gasteiger charge is 2.29. The first-order valence-electron chi connectivity index (χ1n) is 9.51. The van der Waals surface area contributed by atoms with Gasteiger partial charge in [0.25, 0.3) is 5.91 Å². The third-order valence-electron chi connectivity index (χ3n) is 5.32. The van der Waals surface area contributed by atoms with E-state index in [0.717, 1.165) is 40.9 Å². The summed E-state index contributed by atoms with van der Waals surface area (Å²) < 4.78 is 6.84. The van der Waals surface area contributed by atoms with E-state index in [9.17, 15) is 9.59 Å². The summed E-state index contributed by atoms with van der Waals surface area (Å²) in [4.78, 5) is 30.7. The fraction of sp³-hybridized carbons (Fsp3) is 0.333. The van der Waals surface area contributed by atoms with Crippen LogP contribution in [-0.4, -0.2) is 45.0 Å². The van der Waals surface area contributed by atoms with Gasteiger partial charge >= 0.3 is 5.97 Å². The summed E-state index contributed by atoms with van der Waals surface area (Å²) in [5.41, 5.74) is 5.53. The molecule has 3 aromatic rings. The molecule has 2 aromatic heterocycles. The summed E-state index contributed by atoms with van der Waals surface area (Å²) >= 11 is 0. The lowest BCUT2D eigenvalue weighted by atomic mass is 10.0. The molecule has 1 fully saturated rings. The van der Waals surface area contributed by atoms with Gasteiger partial charge in [-0.15, -0.1) is 0 Å². The minimum absolute atomic E-state index is 0.0542. The van der Waals surface area contributed by atoms with Gasteiger partial charge < -0.3 is 9.64 Å². The monoisotopic (exact) mass is 376 g/mol. The number of nitrogens with zero attached hydrogens (tertiary/aromatic N) is 4. The second-order valence-electron chi connectivity index (χ2n) is 7.39. The molecule has 0 bridgehead atoms. The zero-order valence-corrected chi connectivity index (χ0v) is 15.8. The van der Waals surface area contributed by atoms with Crippen molar-refractivity contribution in [2.75, 3.05) is 13.7 Å². The van der Waals surface area contributed by atoms with E-state index < -0.39 is 5.97 Å². The maximum Gasteiger partial charge on any atom is 0.358 e. The van der Waals surface area contributed by atoms with Gasteiger partial charge in [0.15, 0.2) is 11.3 Å². The molecule has 0 unspecified atom stereocenters. The molecule has 0 radical (unpaired) electrons. The first-order chi connectivity index (χ1) is 13.5. The van der Waals surface area contributed by atoms with Crippen molar-refractivity contribution in [3.8, 4) is 11.3 Å². The molecule has 1 amide bonds. The number of carbonyl (C=O) groups is 2. The predicted octanol–water partition coefficient (Wildman–Crippen LogP) is 3.04. The van der Waals surface area contributed by atoms with E-state index in [1.54, 1.807) is 29.5 Å². The molecular weight excluding hydrogens is 356 g/mol. The maximum absolute atomic E-state index is 12.1. The largest absolute Gasteiger partial charge is 0.461 e. The average Bonchev–Trinajstić information content (AvgIpc) is 3.37. The number of hydrogen-bond donors (Lipinski definition) is 0. The van der Waals surface area contributed by atoms with Crippen molar-refractivity contribution in [3.05, 3.63) is 52.8 Å². The van der Waals surface area contributed by atoms with E-state index >= 15 is 0 Å². The first kappa shape index (κ1) is 16.9. The molecule has 3 heterocycles. The number of esters is 1. The fourth-order valence-corrected chi connectivity index (χ4v) is 3.75. The molecule has 0 N–H and O–H groups in total. The highest BCUT2D eigenvalue weighted by molar-refractivity contribution is 5.98. The van der Waals surface area contributed by atoms with Crippen LogP contribution in [-0.2, 0) is 11.3 Å². The number of aromatic nitrogens is 3. The molecule has 0 saturated heterocycles. The van der Waals surface area contributed by atoms with E-state index in [0.29, 0.717) is 24.7 Å². The van der Waals surface area contributed by atoms with Crippen LogP contribution in [0.3, 0.4) is 0 Å². The molecule has 1 aliphatic heterocycles. The first-order valence-corrected chi connectivity index (χ1v) is 9.51. The Balaban J connectivity index is 1.62. The lowest BCUT2D eigenvalue weighted by molar-refractivity contribution is 0.0519. The van der Waals surface area contributed by atoms with Gasteiger partial charge in [0.2, 0.25) is 0 Å². The van der Waals surface area contributed by atoms with Crippen molar-refractivity contribution >= 4 is 17.5 Å². The van der Waals surface area contributed by atoms with Crippen molar-refractivity contribution in [1.82, 2.24) is 19.5 Å². The lowest BCUT2D eigenvalue weighted by Crippen LogP contribution is -2.17. The van der Waals surface area contributed by atoms with Gasteiger partial charge in [-0.05, 0) is 43.5 Å². The molecule has 1 saturated carbocycles. The summed E-state index contributed by atoms with van der Waals surface area (Å²) in [6.45, 7) is 2.69. The Morgan fingerprint density at radius 3 is 2.82 bits per heavy atom. The van der Waals surface area contributed by atoms with Crippen LogP contribution in [0, 0.1) is 0 Å². The normalized spacial score (nSPS) is 15.9. The molecule has 142 valence electrons. The predicted molar refractivity (Wildman–Crippen MR) is 102 cm³/mol. The van der Waals surface area contributed by atoms with Crippen LogP contribution in [0.25, 0.3) is 16.9 Å². The van der Waals surface area contributed by atoms with Crippen LogP contribution in [0.4, 0.5) is 0 Å². The Morgan fingerprint density at radius 1 is 1.25 bits per heavy atom. The molecule has 0 atom stereocenters. The second-order valence-corrected chi connectivity index (χ2v) is 7.39. The van der Waals surface area contributed by atoms with Crippen LogP contribution in [0.5, 0.6) is 0 Å². The van der Waals surface area contributed by atoms with Crippen molar-refractivity contribution in [2.45, 2.75) is 32.2 Å². The molecule has 7 heteroatoms. The van der Waals surface area contributed by atoms with E-state index in [1.165, 1.54) is 0 Å². The van der Waals surface area contributed by atoms with Crippen LogP contribution in [0.15, 0.2) is 30.3 Å². The molecule has 5 rings (SSSR count). The van der Waals surface area contributed by atoms with E-state index in [1.807, 2.05) is 18.2 Å². The quantitative estimate of drug-likeness (QED) is 0.654. The molecule has 0 spiro atoms. The number of ether oxygens (including phenoxy) is 1. The Morgan fingerprint density at radius 2 is 2.07 bits per heavy atom. The molecule has 1 aromatic carbocycles. The van der Waals surface area contributed by atoms with Crippen LogP contribution >= 0.6 is 0 Å². The van der Waals surface area contributed by atoms with Gasteiger partial charge in [-0.25, -0.2) is 14.3 Å². The number of amides is 1. The van der Waals surface area contributed by atoms with E-state index in [2.05, 4.69) is 11.2 Å². The highest BCUT2D eigenvalue weighted by atomic mass is 16.5. The zero-order chi connectivity index (χ0) is 19.4. The van der Waals surface area contributed by atoms with Gasteiger partial charge in [0.05, 0.1) is 12.3 Å². The van der Waals surface area contributed by atoms with Gasteiger partial charge in [0, 0.05) is 42.4 Å². The van der Waals surface area contributed by atoms with Crippen molar-refractivity contribution < 1.29 is 14.3 Å². The molecular formula is C21H20N4O3. The van der Waals surface area contributed by atoms with E-state index in [-0.39, 0.29) is 11.6 Å². The van der Waals surface area contributed by atoms with Crippen molar-refractivity contribution in [1.29, 1.82) is 0 Å². The minimum atomic E-state index is -0.435. The minimum Gasteiger partial charge on any atom is -0.461 e. The Bertz CT molecular complexity index is 1130. The Kier molecular flexibility index (Phi) is 3.72. The van der Waals surface area contributed by atoms with Crippen LogP contribution in [0.1, 0.15) is 57.8 Å². The Labute approximate surface area is 161 Å². The molecule has 1 aliphatic carbocycles. The van der Waals surface area contributed by atoms with Gasteiger partial charge in [-0.1, -0.05) is 6.07 Å². The molecule has 7 nitrogen and oxygen atoms in total. The van der Waals surface area contributed by atoms with Crippen LogP contribution < -0.4 is 0 Å². The second kappa shape index (κ2) is 6.15. The maximum atomic E-state index is 12.1. The Hall–Kier alpha value is -3.22. The third kappa shape index (κ3) is 2.66. The fourth-order valence-electron chi connectivity index (χ4n) is 3.75. The number of fused-ring (bicyclic) bond motifs is 2. The van der Waals surface area contributed by atoms with Crippen LogP contribution in [0.2, 0.25) is 0 Å². The average molecular weight is 376 g/mol. The third-order valence-corrected chi connectivity index (χ3v) is 5.32. The summed E-state index contributed by atoms with van der Waals surface area (Å²) in [5, 5.41) is 4.43. The van der Waals surface area contributed by atoms with Gasteiger partial charge in [-0.2, -0.15) is 5.10 Å².